The molecule has 3 unspecified atom stereocenters. The first-order chi connectivity index (χ1) is 6.74. The standard InChI is InChI=1S/C12H20O2/c1-3-6-14-12(13)11-8(2)9-4-5-10(11)7-9/h8-11H,3-7H2,1-2H3/t8-,9?,10?,11?/m0/s1. The first-order valence-electron chi connectivity index (χ1n) is 5.90. The number of hydrogen-bond acceptors (Lipinski definition) is 2. The van der Waals surface area contributed by atoms with Gasteiger partial charge in [0.1, 0.15) is 0 Å². The van der Waals surface area contributed by atoms with E-state index in [1.165, 1.54) is 19.3 Å². The molecule has 2 rings (SSSR count). The molecule has 0 radical (unpaired) electrons. The summed E-state index contributed by atoms with van der Waals surface area (Å²) in [5.74, 6) is 2.31. The van der Waals surface area contributed by atoms with Crippen molar-refractivity contribution in [3.05, 3.63) is 0 Å². The minimum Gasteiger partial charge on any atom is -0.465 e. The highest BCUT2D eigenvalue weighted by Gasteiger charge is 2.49. The monoisotopic (exact) mass is 196 g/mol. The lowest BCUT2D eigenvalue weighted by molar-refractivity contribution is -0.152. The van der Waals surface area contributed by atoms with Crippen LogP contribution in [0.2, 0.25) is 0 Å². The average molecular weight is 196 g/mol. The van der Waals surface area contributed by atoms with Gasteiger partial charge in [-0.25, -0.2) is 0 Å². The highest BCUT2D eigenvalue weighted by molar-refractivity contribution is 5.73. The van der Waals surface area contributed by atoms with Crippen LogP contribution >= 0.6 is 0 Å². The molecule has 80 valence electrons. The normalized spacial score (nSPS) is 40.1. The molecule has 2 fully saturated rings. The average Bonchev–Trinajstić information content (AvgIpc) is 2.74. The third-order valence-corrected chi connectivity index (χ3v) is 4.05. The van der Waals surface area contributed by atoms with Crippen molar-refractivity contribution in [3.8, 4) is 0 Å². The van der Waals surface area contributed by atoms with E-state index in [1.807, 2.05) is 6.92 Å². The second-order valence-electron chi connectivity index (χ2n) is 4.89. The molecule has 14 heavy (non-hydrogen) atoms. The van der Waals surface area contributed by atoms with Crippen molar-refractivity contribution in [1.29, 1.82) is 0 Å². The lowest BCUT2D eigenvalue weighted by Gasteiger charge is -2.26. The Morgan fingerprint density at radius 3 is 2.64 bits per heavy atom. The SMILES string of the molecule is CCCOC(=O)C1C2CCC(C2)[C@@H]1C. The maximum atomic E-state index is 11.8. The number of esters is 1. The summed E-state index contributed by atoms with van der Waals surface area (Å²) in [4.78, 5) is 11.8. The molecule has 2 aliphatic carbocycles. The molecule has 0 aromatic heterocycles. The fourth-order valence-corrected chi connectivity index (χ4v) is 3.28. The summed E-state index contributed by atoms with van der Waals surface area (Å²) in [6.45, 7) is 4.86. The van der Waals surface area contributed by atoms with Gasteiger partial charge in [0, 0.05) is 0 Å². The van der Waals surface area contributed by atoms with Crippen LogP contribution in [0.5, 0.6) is 0 Å². The molecule has 2 heteroatoms. The van der Waals surface area contributed by atoms with E-state index in [9.17, 15) is 4.79 Å². The van der Waals surface area contributed by atoms with Crippen LogP contribution < -0.4 is 0 Å². The van der Waals surface area contributed by atoms with E-state index in [2.05, 4.69) is 6.92 Å². The van der Waals surface area contributed by atoms with Crippen molar-refractivity contribution in [3.63, 3.8) is 0 Å². The number of carbonyl (C=O) groups excluding carboxylic acids is 1. The van der Waals surface area contributed by atoms with Crippen LogP contribution in [-0.4, -0.2) is 12.6 Å². The van der Waals surface area contributed by atoms with Gasteiger partial charge in [0.25, 0.3) is 0 Å². The Bertz CT molecular complexity index is 222. The van der Waals surface area contributed by atoms with Gasteiger partial charge < -0.3 is 4.74 Å². The first-order valence-corrected chi connectivity index (χ1v) is 5.90. The molecule has 0 N–H and O–H groups in total. The molecule has 0 heterocycles. The molecule has 0 aromatic rings. The van der Waals surface area contributed by atoms with E-state index in [-0.39, 0.29) is 11.9 Å². The van der Waals surface area contributed by atoms with Gasteiger partial charge in [-0.15, -0.1) is 0 Å². The summed E-state index contributed by atoms with van der Waals surface area (Å²) in [7, 11) is 0. The van der Waals surface area contributed by atoms with Gasteiger partial charge in [0.05, 0.1) is 12.5 Å². The zero-order valence-corrected chi connectivity index (χ0v) is 9.16. The molecule has 0 aliphatic heterocycles. The topological polar surface area (TPSA) is 26.3 Å². The molecule has 0 saturated heterocycles. The van der Waals surface area contributed by atoms with Crippen molar-refractivity contribution in [2.45, 2.75) is 39.5 Å². The molecule has 4 atom stereocenters. The molecule has 2 bridgehead atoms. The lowest BCUT2D eigenvalue weighted by atomic mass is 9.80. The predicted octanol–water partition coefficient (Wildman–Crippen LogP) is 2.62. The first kappa shape index (κ1) is 10.0. The Morgan fingerprint density at radius 2 is 2.07 bits per heavy atom. The van der Waals surface area contributed by atoms with Crippen molar-refractivity contribution < 1.29 is 9.53 Å². The number of carbonyl (C=O) groups is 1. The molecular formula is C12H20O2. The van der Waals surface area contributed by atoms with Crippen LogP contribution in [0.1, 0.15) is 39.5 Å². The zero-order valence-electron chi connectivity index (χ0n) is 9.16. The summed E-state index contributed by atoms with van der Waals surface area (Å²) >= 11 is 0. The predicted molar refractivity (Wildman–Crippen MR) is 54.7 cm³/mol. The van der Waals surface area contributed by atoms with Crippen molar-refractivity contribution in [2.75, 3.05) is 6.61 Å². The molecule has 0 spiro atoms. The van der Waals surface area contributed by atoms with E-state index < -0.39 is 0 Å². The summed E-state index contributed by atoms with van der Waals surface area (Å²) in [6, 6.07) is 0. The van der Waals surface area contributed by atoms with Crippen LogP contribution in [0.15, 0.2) is 0 Å². The molecule has 2 aliphatic rings. The number of ether oxygens (including phenoxy) is 1. The van der Waals surface area contributed by atoms with Gasteiger partial charge in [-0.3, -0.25) is 4.79 Å². The molecule has 2 saturated carbocycles. The lowest BCUT2D eigenvalue weighted by Crippen LogP contribution is -2.29. The molecular weight excluding hydrogens is 176 g/mol. The smallest absolute Gasteiger partial charge is 0.309 e. The fraction of sp³-hybridized carbons (Fsp3) is 0.917. The second kappa shape index (κ2) is 3.92. The summed E-state index contributed by atoms with van der Waals surface area (Å²) < 4.78 is 5.26. The van der Waals surface area contributed by atoms with Crippen LogP contribution in [-0.2, 0) is 9.53 Å². The van der Waals surface area contributed by atoms with Gasteiger partial charge in [-0.1, -0.05) is 13.8 Å². The summed E-state index contributed by atoms with van der Waals surface area (Å²) in [5, 5.41) is 0. The third kappa shape index (κ3) is 1.55. The molecule has 0 amide bonds. The molecule has 2 nitrogen and oxygen atoms in total. The number of rotatable bonds is 3. The van der Waals surface area contributed by atoms with Crippen molar-refractivity contribution in [1.82, 2.24) is 0 Å². The zero-order chi connectivity index (χ0) is 10.1. The summed E-state index contributed by atoms with van der Waals surface area (Å²) in [6.07, 6.45) is 4.79. The van der Waals surface area contributed by atoms with E-state index in [4.69, 9.17) is 4.74 Å². The minimum absolute atomic E-state index is 0.0755. The molecule has 0 aromatic carbocycles. The Morgan fingerprint density at radius 1 is 1.36 bits per heavy atom. The quantitative estimate of drug-likeness (QED) is 0.649. The Labute approximate surface area is 86.0 Å². The maximum Gasteiger partial charge on any atom is 0.309 e. The second-order valence-corrected chi connectivity index (χ2v) is 4.89. The van der Waals surface area contributed by atoms with Crippen LogP contribution in [0.4, 0.5) is 0 Å². The number of hydrogen-bond donors (Lipinski definition) is 0. The van der Waals surface area contributed by atoms with E-state index in [0.717, 1.165) is 12.3 Å². The van der Waals surface area contributed by atoms with Gasteiger partial charge in [-0.05, 0) is 43.4 Å². The Kier molecular flexibility index (Phi) is 2.80. The van der Waals surface area contributed by atoms with Crippen LogP contribution in [0, 0.1) is 23.7 Å². The van der Waals surface area contributed by atoms with Gasteiger partial charge in [0.2, 0.25) is 0 Å². The van der Waals surface area contributed by atoms with Gasteiger partial charge in [-0.2, -0.15) is 0 Å². The van der Waals surface area contributed by atoms with E-state index >= 15 is 0 Å². The van der Waals surface area contributed by atoms with Crippen LogP contribution in [0.3, 0.4) is 0 Å². The highest BCUT2D eigenvalue weighted by Crippen LogP contribution is 2.52. The van der Waals surface area contributed by atoms with Crippen molar-refractivity contribution in [2.24, 2.45) is 23.7 Å². The van der Waals surface area contributed by atoms with Crippen LogP contribution in [0.25, 0.3) is 0 Å². The van der Waals surface area contributed by atoms with E-state index in [1.54, 1.807) is 0 Å². The Balaban J connectivity index is 1.94. The third-order valence-electron chi connectivity index (χ3n) is 4.05. The fourth-order valence-electron chi connectivity index (χ4n) is 3.28. The van der Waals surface area contributed by atoms with E-state index in [0.29, 0.717) is 18.4 Å². The van der Waals surface area contributed by atoms with Gasteiger partial charge >= 0.3 is 5.97 Å². The summed E-state index contributed by atoms with van der Waals surface area (Å²) in [5.41, 5.74) is 0. The Hall–Kier alpha value is -0.530. The minimum atomic E-state index is 0.0755. The van der Waals surface area contributed by atoms with Crippen molar-refractivity contribution >= 4 is 5.97 Å². The maximum absolute atomic E-state index is 11.8. The number of fused-ring (bicyclic) bond motifs is 2. The largest absolute Gasteiger partial charge is 0.465 e. The van der Waals surface area contributed by atoms with Gasteiger partial charge in [0.15, 0.2) is 0 Å². The highest BCUT2D eigenvalue weighted by atomic mass is 16.5.